The lowest BCUT2D eigenvalue weighted by Gasteiger charge is -2.32. The van der Waals surface area contributed by atoms with Gasteiger partial charge < -0.3 is 10.2 Å². The van der Waals surface area contributed by atoms with E-state index in [9.17, 15) is 10.1 Å². The molecule has 140 valence electrons. The molecule has 0 aliphatic carbocycles. The van der Waals surface area contributed by atoms with E-state index >= 15 is 0 Å². The number of fused-ring (bicyclic) bond motifs is 2. The van der Waals surface area contributed by atoms with Gasteiger partial charge in [-0.1, -0.05) is 29.8 Å². The fourth-order valence-corrected chi connectivity index (χ4v) is 4.27. The molecule has 1 unspecified atom stereocenters. The predicted molar refractivity (Wildman–Crippen MR) is 107 cm³/mol. The minimum absolute atomic E-state index is 0.0656. The van der Waals surface area contributed by atoms with Crippen molar-refractivity contribution in [3.8, 4) is 0 Å². The molecule has 5 rings (SSSR count). The van der Waals surface area contributed by atoms with Crippen LogP contribution in [-0.4, -0.2) is 21.4 Å². The molecule has 0 saturated carbocycles. The molecule has 0 radical (unpaired) electrons. The maximum atomic E-state index is 11.0. The van der Waals surface area contributed by atoms with Crippen molar-refractivity contribution in [1.82, 2.24) is 9.97 Å². The summed E-state index contributed by atoms with van der Waals surface area (Å²) in [6.07, 6.45) is 3.51. The molecule has 28 heavy (non-hydrogen) atoms. The number of anilines is 3. The van der Waals surface area contributed by atoms with Crippen LogP contribution >= 0.6 is 11.6 Å². The summed E-state index contributed by atoms with van der Waals surface area (Å²) in [5, 5.41) is 14.9. The third-order valence-corrected chi connectivity index (χ3v) is 5.61. The third-order valence-electron chi connectivity index (χ3n) is 5.32. The van der Waals surface area contributed by atoms with E-state index < -0.39 is 4.92 Å². The molecule has 0 spiro atoms. The molecule has 8 heteroatoms. The molecule has 1 atom stereocenters. The van der Waals surface area contributed by atoms with Gasteiger partial charge >= 0.3 is 0 Å². The Morgan fingerprint density at radius 3 is 2.79 bits per heavy atom. The van der Waals surface area contributed by atoms with Crippen LogP contribution in [0.5, 0.6) is 0 Å². The number of aryl methyl sites for hydroxylation is 1. The molecule has 2 aromatic carbocycles. The minimum Gasteiger partial charge on any atom is -0.369 e. The molecule has 0 saturated heterocycles. The van der Waals surface area contributed by atoms with Gasteiger partial charge in [-0.3, -0.25) is 10.1 Å². The lowest BCUT2D eigenvalue weighted by Crippen LogP contribution is -2.26. The highest BCUT2D eigenvalue weighted by atomic mass is 35.5. The van der Waals surface area contributed by atoms with Gasteiger partial charge in [-0.2, -0.15) is 0 Å². The molecule has 2 aliphatic rings. The predicted octanol–water partition coefficient (Wildman–Crippen LogP) is 4.64. The van der Waals surface area contributed by atoms with Crippen LogP contribution in [0, 0.1) is 10.1 Å². The second-order valence-electron chi connectivity index (χ2n) is 6.90. The molecule has 0 amide bonds. The van der Waals surface area contributed by atoms with Crippen molar-refractivity contribution in [1.29, 1.82) is 0 Å². The van der Waals surface area contributed by atoms with Gasteiger partial charge in [0.15, 0.2) is 11.0 Å². The monoisotopic (exact) mass is 393 g/mol. The SMILES string of the molecule is O=[N+]([O-])c1ccc(C2Nc3c(Cl)ncnc3N3CCCc4cccc2c43)cc1. The lowest BCUT2D eigenvalue weighted by molar-refractivity contribution is -0.384. The first-order valence-corrected chi connectivity index (χ1v) is 9.42. The molecule has 1 N–H and O–H groups in total. The summed E-state index contributed by atoms with van der Waals surface area (Å²) in [4.78, 5) is 21.5. The smallest absolute Gasteiger partial charge is 0.269 e. The first-order valence-electron chi connectivity index (χ1n) is 9.04. The van der Waals surface area contributed by atoms with Crippen LogP contribution in [0.2, 0.25) is 5.15 Å². The highest BCUT2D eigenvalue weighted by molar-refractivity contribution is 6.32. The Bertz CT molecular complexity index is 1090. The molecule has 0 fully saturated rings. The largest absolute Gasteiger partial charge is 0.369 e. The topological polar surface area (TPSA) is 84.2 Å². The first kappa shape index (κ1) is 16.9. The van der Waals surface area contributed by atoms with Gasteiger partial charge in [0.1, 0.15) is 12.0 Å². The summed E-state index contributed by atoms with van der Waals surface area (Å²) >= 11 is 6.43. The van der Waals surface area contributed by atoms with Gasteiger partial charge in [0.25, 0.3) is 5.69 Å². The molecular formula is C20H16ClN5O2. The van der Waals surface area contributed by atoms with Gasteiger partial charge in [0.05, 0.1) is 16.7 Å². The van der Waals surface area contributed by atoms with E-state index in [1.165, 1.54) is 24.0 Å². The second-order valence-corrected chi connectivity index (χ2v) is 7.26. The van der Waals surface area contributed by atoms with Crippen LogP contribution in [0.15, 0.2) is 48.8 Å². The molecule has 7 nitrogen and oxygen atoms in total. The van der Waals surface area contributed by atoms with Crippen molar-refractivity contribution < 1.29 is 4.92 Å². The number of aromatic nitrogens is 2. The van der Waals surface area contributed by atoms with Crippen LogP contribution < -0.4 is 10.2 Å². The maximum Gasteiger partial charge on any atom is 0.269 e. The molecule has 3 heterocycles. The maximum absolute atomic E-state index is 11.0. The van der Waals surface area contributed by atoms with Crippen LogP contribution in [0.1, 0.15) is 29.2 Å². The third kappa shape index (κ3) is 2.58. The van der Waals surface area contributed by atoms with Gasteiger partial charge in [0.2, 0.25) is 0 Å². The van der Waals surface area contributed by atoms with Gasteiger partial charge in [-0.05, 0) is 36.1 Å². The van der Waals surface area contributed by atoms with Gasteiger partial charge in [-0.25, -0.2) is 9.97 Å². The first-order chi connectivity index (χ1) is 13.6. The minimum atomic E-state index is -0.392. The van der Waals surface area contributed by atoms with Gasteiger partial charge in [-0.15, -0.1) is 0 Å². The summed E-state index contributed by atoms with van der Waals surface area (Å²) < 4.78 is 0. The van der Waals surface area contributed by atoms with Crippen LogP contribution in [0.25, 0.3) is 0 Å². The number of rotatable bonds is 2. The normalized spacial score (nSPS) is 17.2. The number of nitro benzene ring substituents is 1. The number of halogens is 1. The van der Waals surface area contributed by atoms with Crippen LogP contribution in [0.3, 0.4) is 0 Å². The molecule has 2 aliphatic heterocycles. The van der Waals surface area contributed by atoms with Crippen molar-refractivity contribution >= 4 is 34.5 Å². The fraction of sp³-hybridized carbons (Fsp3) is 0.200. The molecule has 1 aromatic heterocycles. The fourth-order valence-electron chi connectivity index (χ4n) is 4.08. The average molecular weight is 394 g/mol. The number of nitrogens with one attached hydrogen (secondary N) is 1. The van der Waals surface area contributed by atoms with E-state index in [4.69, 9.17) is 11.6 Å². The van der Waals surface area contributed by atoms with E-state index in [0.717, 1.165) is 42.0 Å². The zero-order chi connectivity index (χ0) is 19.3. The summed E-state index contributed by atoms with van der Waals surface area (Å²) in [5.74, 6) is 0.762. The van der Waals surface area contributed by atoms with E-state index in [-0.39, 0.29) is 11.7 Å². The van der Waals surface area contributed by atoms with E-state index in [1.807, 2.05) is 0 Å². The van der Waals surface area contributed by atoms with E-state index in [2.05, 4.69) is 38.4 Å². The van der Waals surface area contributed by atoms with Crippen LogP contribution in [-0.2, 0) is 6.42 Å². The Kier molecular flexibility index (Phi) is 3.91. The summed E-state index contributed by atoms with van der Waals surface area (Å²) in [5.41, 5.74) is 5.16. The standard InChI is InChI=1S/C20H16ClN5O2/c21-19-17-20(23-11-22-19)25-10-2-4-13-3-1-5-15(18(13)25)16(24-17)12-6-8-14(9-7-12)26(27)28/h1,3,5-9,11,16,24H,2,4,10H2. The van der Waals surface area contributed by atoms with E-state index in [1.54, 1.807) is 12.1 Å². The highest BCUT2D eigenvalue weighted by Gasteiger charge is 2.33. The second kappa shape index (κ2) is 6.45. The quantitative estimate of drug-likeness (QED) is 0.388. The number of para-hydroxylation sites is 1. The Morgan fingerprint density at radius 2 is 2.00 bits per heavy atom. The van der Waals surface area contributed by atoms with Crippen molar-refractivity contribution in [3.63, 3.8) is 0 Å². The molecular weight excluding hydrogens is 378 g/mol. The summed E-state index contributed by atoms with van der Waals surface area (Å²) in [7, 11) is 0. The zero-order valence-electron chi connectivity index (χ0n) is 14.8. The number of benzene rings is 2. The Balaban J connectivity index is 1.73. The molecule has 0 bridgehead atoms. The number of hydrogen-bond acceptors (Lipinski definition) is 6. The van der Waals surface area contributed by atoms with Gasteiger partial charge in [0, 0.05) is 24.2 Å². The van der Waals surface area contributed by atoms with E-state index in [0.29, 0.717) is 10.8 Å². The zero-order valence-corrected chi connectivity index (χ0v) is 15.6. The Hall–Kier alpha value is -3.19. The number of nitrogens with zero attached hydrogens (tertiary/aromatic N) is 4. The highest BCUT2D eigenvalue weighted by Crippen LogP contribution is 2.47. The van der Waals surface area contributed by atoms with Crippen molar-refractivity contribution in [2.45, 2.75) is 18.9 Å². The van der Waals surface area contributed by atoms with Crippen molar-refractivity contribution in [3.05, 3.63) is 80.7 Å². The Labute approximate surface area is 166 Å². The average Bonchev–Trinajstić information content (AvgIpc) is 2.86. The molecule has 3 aromatic rings. The number of nitro groups is 1. The Morgan fingerprint density at radius 1 is 1.18 bits per heavy atom. The van der Waals surface area contributed by atoms with Crippen LogP contribution in [0.4, 0.5) is 22.9 Å². The van der Waals surface area contributed by atoms with Crippen molar-refractivity contribution in [2.75, 3.05) is 16.8 Å². The number of non-ortho nitro benzene ring substituents is 1. The number of hydrogen-bond donors (Lipinski definition) is 1. The summed E-state index contributed by atoms with van der Waals surface area (Å²) in [6.45, 7) is 0.846. The lowest BCUT2D eigenvalue weighted by atomic mass is 9.91. The summed E-state index contributed by atoms with van der Waals surface area (Å²) in [6, 6.07) is 12.7. The van der Waals surface area contributed by atoms with Crippen molar-refractivity contribution in [2.24, 2.45) is 0 Å².